The van der Waals surface area contributed by atoms with Gasteiger partial charge in [-0.3, -0.25) is 0 Å². The van der Waals surface area contributed by atoms with Crippen molar-refractivity contribution in [3.63, 3.8) is 0 Å². The van der Waals surface area contributed by atoms with Crippen LogP contribution >= 0.6 is 11.3 Å². The molecule has 0 fully saturated rings. The molecule has 1 heterocycles. The van der Waals surface area contributed by atoms with Crippen LogP contribution in [0.1, 0.15) is 37.4 Å². The molecule has 0 unspecified atom stereocenters. The molecule has 0 atom stereocenters. The van der Waals surface area contributed by atoms with Crippen molar-refractivity contribution in [3.05, 3.63) is 16.1 Å². The first kappa shape index (κ1) is 11.7. The van der Waals surface area contributed by atoms with E-state index in [2.05, 4.69) is 24.2 Å². The third-order valence-electron chi connectivity index (χ3n) is 3.06. The van der Waals surface area contributed by atoms with Crippen LogP contribution in [0.2, 0.25) is 0 Å². The van der Waals surface area contributed by atoms with Crippen LogP contribution in [0.15, 0.2) is 5.38 Å². The molecule has 0 aromatic carbocycles. The standard InChI is InChI=1S/C11H19NOS/c1-4-11(5-2,8-13)6-10-7-14-9(3)12-10/h7,13H,4-6,8H2,1-3H3. The number of aryl methyl sites for hydroxylation is 1. The summed E-state index contributed by atoms with van der Waals surface area (Å²) in [4.78, 5) is 4.45. The van der Waals surface area contributed by atoms with Gasteiger partial charge < -0.3 is 5.11 Å². The van der Waals surface area contributed by atoms with Gasteiger partial charge in [-0.05, 0) is 31.6 Å². The molecule has 0 saturated carbocycles. The van der Waals surface area contributed by atoms with E-state index < -0.39 is 0 Å². The van der Waals surface area contributed by atoms with Crippen molar-refractivity contribution in [1.82, 2.24) is 4.98 Å². The van der Waals surface area contributed by atoms with Crippen LogP contribution in [0, 0.1) is 12.3 Å². The maximum Gasteiger partial charge on any atom is 0.0897 e. The molecule has 0 radical (unpaired) electrons. The smallest absolute Gasteiger partial charge is 0.0897 e. The first-order valence-corrected chi connectivity index (χ1v) is 6.05. The summed E-state index contributed by atoms with van der Waals surface area (Å²) in [5.74, 6) is 0. The number of aromatic nitrogens is 1. The van der Waals surface area contributed by atoms with E-state index in [0.717, 1.165) is 30.0 Å². The van der Waals surface area contributed by atoms with Gasteiger partial charge in [0.2, 0.25) is 0 Å². The van der Waals surface area contributed by atoms with E-state index in [0.29, 0.717) is 0 Å². The van der Waals surface area contributed by atoms with Gasteiger partial charge in [-0.25, -0.2) is 4.98 Å². The molecule has 1 aromatic rings. The fraction of sp³-hybridized carbons (Fsp3) is 0.727. The summed E-state index contributed by atoms with van der Waals surface area (Å²) in [6, 6.07) is 0. The zero-order chi connectivity index (χ0) is 10.6. The van der Waals surface area contributed by atoms with Crippen LogP contribution in [0.3, 0.4) is 0 Å². The van der Waals surface area contributed by atoms with Crippen LogP contribution in [0.5, 0.6) is 0 Å². The van der Waals surface area contributed by atoms with E-state index in [-0.39, 0.29) is 12.0 Å². The Bertz CT molecular complexity index is 270. The Kier molecular flexibility index (Phi) is 4.08. The van der Waals surface area contributed by atoms with E-state index in [1.807, 2.05) is 6.92 Å². The molecule has 0 aliphatic heterocycles. The molecule has 14 heavy (non-hydrogen) atoms. The Hall–Kier alpha value is -0.410. The first-order chi connectivity index (χ1) is 6.65. The monoisotopic (exact) mass is 213 g/mol. The summed E-state index contributed by atoms with van der Waals surface area (Å²) >= 11 is 1.68. The normalized spacial score (nSPS) is 12.0. The van der Waals surface area contributed by atoms with E-state index in [1.54, 1.807) is 11.3 Å². The summed E-state index contributed by atoms with van der Waals surface area (Å²) in [5, 5.41) is 12.6. The highest BCUT2D eigenvalue weighted by molar-refractivity contribution is 7.09. The molecule has 80 valence electrons. The quantitative estimate of drug-likeness (QED) is 0.816. The van der Waals surface area contributed by atoms with Gasteiger partial charge in [0.25, 0.3) is 0 Å². The van der Waals surface area contributed by atoms with E-state index >= 15 is 0 Å². The largest absolute Gasteiger partial charge is 0.396 e. The van der Waals surface area contributed by atoms with Gasteiger partial charge in [-0.15, -0.1) is 11.3 Å². The zero-order valence-electron chi connectivity index (χ0n) is 9.21. The molecular weight excluding hydrogens is 194 g/mol. The number of aliphatic hydroxyl groups is 1. The lowest BCUT2D eigenvalue weighted by Crippen LogP contribution is -2.26. The summed E-state index contributed by atoms with van der Waals surface area (Å²) in [7, 11) is 0. The Labute approximate surface area is 90.0 Å². The van der Waals surface area contributed by atoms with Crippen molar-refractivity contribution in [2.75, 3.05) is 6.61 Å². The van der Waals surface area contributed by atoms with E-state index in [9.17, 15) is 5.11 Å². The highest BCUT2D eigenvalue weighted by Crippen LogP contribution is 2.30. The van der Waals surface area contributed by atoms with Gasteiger partial charge in [0.05, 0.1) is 10.7 Å². The summed E-state index contributed by atoms with van der Waals surface area (Å²) in [5.41, 5.74) is 1.17. The number of rotatable bonds is 5. The Morgan fingerprint density at radius 1 is 1.43 bits per heavy atom. The lowest BCUT2D eigenvalue weighted by atomic mass is 9.79. The predicted octanol–water partition coefficient (Wildman–Crippen LogP) is 2.79. The van der Waals surface area contributed by atoms with Crippen molar-refractivity contribution in [2.24, 2.45) is 5.41 Å². The third kappa shape index (κ3) is 2.55. The molecule has 1 aromatic heterocycles. The number of nitrogens with zero attached hydrogens (tertiary/aromatic N) is 1. The van der Waals surface area contributed by atoms with Gasteiger partial charge in [0.1, 0.15) is 0 Å². The molecule has 0 spiro atoms. The highest BCUT2D eigenvalue weighted by atomic mass is 32.1. The van der Waals surface area contributed by atoms with E-state index in [4.69, 9.17) is 0 Å². The lowest BCUT2D eigenvalue weighted by Gasteiger charge is -2.28. The topological polar surface area (TPSA) is 33.1 Å². The molecular formula is C11H19NOS. The number of hydrogen-bond acceptors (Lipinski definition) is 3. The average Bonchev–Trinajstić information content (AvgIpc) is 2.61. The minimum Gasteiger partial charge on any atom is -0.396 e. The molecule has 0 bridgehead atoms. The fourth-order valence-electron chi connectivity index (χ4n) is 1.65. The summed E-state index contributed by atoms with van der Waals surface area (Å²) < 4.78 is 0. The van der Waals surface area contributed by atoms with Crippen molar-refractivity contribution in [1.29, 1.82) is 0 Å². The van der Waals surface area contributed by atoms with Crippen LogP contribution in [0.4, 0.5) is 0 Å². The van der Waals surface area contributed by atoms with Crippen molar-refractivity contribution in [2.45, 2.75) is 40.0 Å². The molecule has 0 aliphatic carbocycles. The van der Waals surface area contributed by atoms with Gasteiger partial charge >= 0.3 is 0 Å². The maximum absolute atomic E-state index is 9.42. The van der Waals surface area contributed by atoms with Gasteiger partial charge in [-0.2, -0.15) is 0 Å². The molecule has 1 N–H and O–H groups in total. The van der Waals surface area contributed by atoms with E-state index in [1.165, 1.54) is 0 Å². The van der Waals surface area contributed by atoms with Crippen molar-refractivity contribution < 1.29 is 5.11 Å². The number of thiazole rings is 1. The Balaban J connectivity index is 2.73. The van der Waals surface area contributed by atoms with Crippen molar-refractivity contribution >= 4 is 11.3 Å². The third-order valence-corrected chi connectivity index (χ3v) is 3.88. The molecule has 0 aliphatic rings. The lowest BCUT2D eigenvalue weighted by molar-refractivity contribution is 0.114. The van der Waals surface area contributed by atoms with Gasteiger partial charge in [0.15, 0.2) is 0 Å². The summed E-state index contributed by atoms with van der Waals surface area (Å²) in [6.07, 6.45) is 2.92. The molecule has 0 amide bonds. The molecule has 3 heteroatoms. The minimum atomic E-state index is 0.0422. The molecule has 1 rings (SSSR count). The Morgan fingerprint density at radius 3 is 2.43 bits per heavy atom. The van der Waals surface area contributed by atoms with Crippen LogP contribution in [-0.2, 0) is 6.42 Å². The Morgan fingerprint density at radius 2 is 2.07 bits per heavy atom. The fourth-order valence-corrected chi connectivity index (χ4v) is 2.27. The van der Waals surface area contributed by atoms with Crippen molar-refractivity contribution in [3.8, 4) is 0 Å². The van der Waals surface area contributed by atoms with Crippen LogP contribution in [0.25, 0.3) is 0 Å². The second kappa shape index (κ2) is 4.89. The maximum atomic E-state index is 9.42. The number of aliphatic hydroxyl groups excluding tert-OH is 1. The zero-order valence-corrected chi connectivity index (χ0v) is 10.0. The van der Waals surface area contributed by atoms with Gasteiger partial charge in [0, 0.05) is 12.0 Å². The first-order valence-electron chi connectivity index (χ1n) is 5.17. The van der Waals surface area contributed by atoms with Crippen LogP contribution in [-0.4, -0.2) is 16.7 Å². The second-order valence-corrected chi connectivity index (χ2v) is 4.96. The minimum absolute atomic E-state index is 0.0422. The molecule has 2 nitrogen and oxygen atoms in total. The SMILES string of the molecule is CCC(CC)(CO)Cc1csc(C)n1. The highest BCUT2D eigenvalue weighted by Gasteiger charge is 2.26. The summed E-state index contributed by atoms with van der Waals surface area (Å²) in [6.45, 7) is 6.56. The molecule has 0 saturated heterocycles. The second-order valence-electron chi connectivity index (χ2n) is 3.90. The van der Waals surface area contributed by atoms with Gasteiger partial charge in [-0.1, -0.05) is 13.8 Å². The average molecular weight is 213 g/mol. The number of hydrogen-bond donors (Lipinski definition) is 1. The van der Waals surface area contributed by atoms with Crippen LogP contribution < -0.4 is 0 Å². The predicted molar refractivity (Wildman–Crippen MR) is 60.7 cm³/mol.